The monoisotopic (exact) mass is 197 g/mol. The van der Waals surface area contributed by atoms with Crippen LogP contribution in [0.4, 0.5) is 13.2 Å². The van der Waals surface area contributed by atoms with E-state index in [2.05, 4.69) is 11.3 Å². The molecule has 1 unspecified atom stereocenters. The molecule has 2 nitrogen and oxygen atoms in total. The summed E-state index contributed by atoms with van der Waals surface area (Å²) in [7, 11) is 0. The molecular formula is C8H14F3NO. The van der Waals surface area contributed by atoms with Crippen molar-refractivity contribution in [3.8, 4) is 0 Å². The molecule has 0 aromatic heterocycles. The zero-order chi connectivity index (χ0) is 10.3. The van der Waals surface area contributed by atoms with Crippen LogP contribution in [-0.4, -0.2) is 25.4 Å². The first-order valence-electron chi connectivity index (χ1n) is 3.96. The molecule has 1 atom stereocenters. The molecule has 13 heavy (non-hydrogen) atoms. The van der Waals surface area contributed by atoms with Gasteiger partial charge >= 0.3 is 6.18 Å². The van der Waals surface area contributed by atoms with Crippen molar-refractivity contribution < 1.29 is 17.9 Å². The Kier molecular flexibility index (Phi) is 5.73. The molecule has 0 fully saturated rings. The van der Waals surface area contributed by atoms with Crippen molar-refractivity contribution in [2.24, 2.45) is 5.73 Å². The van der Waals surface area contributed by atoms with Gasteiger partial charge in [-0.05, 0) is 12.8 Å². The summed E-state index contributed by atoms with van der Waals surface area (Å²) >= 11 is 0. The van der Waals surface area contributed by atoms with Gasteiger partial charge in [-0.25, -0.2) is 0 Å². The molecule has 0 radical (unpaired) electrons. The molecule has 2 N–H and O–H groups in total. The lowest BCUT2D eigenvalue weighted by atomic mass is 10.2. The third-order valence-corrected chi connectivity index (χ3v) is 1.34. The van der Waals surface area contributed by atoms with E-state index < -0.39 is 12.8 Å². The topological polar surface area (TPSA) is 35.2 Å². The summed E-state index contributed by atoms with van der Waals surface area (Å²) in [4.78, 5) is 0. The Morgan fingerprint density at radius 2 is 2.08 bits per heavy atom. The Hall–Kier alpha value is -0.550. The van der Waals surface area contributed by atoms with E-state index in [0.717, 1.165) is 0 Å². The first-order chi connectivity index (χ1) is 5.95. The summed E-state index contributed by atoms with van der Waals surface area (Å²) < 4.78 is 39.1. The Morgan fingerprint density at radius 3 is 2.54 bits per heavy atom. The molecule has 0 saturated heterocycles. The lowest BCUT2D eigenvalue weighted by molar-refractivity contribution is -0.174. The van der Waals surface area contributed by atoms with Gasteiger partial charge in [0.2, 0.25) is 0 Å². The van der Waals surface area contributed by atoms with Gasteiger partial charge in [-0.2, -0.15) is 13.2 Å². The van der Waals surface area contributed by atoms with Crippen LogP contribution in [0.5, 0.6) is 0 Å². The van der Waals surface area contributed by atoms with Crippen molar-refractivity contribution in [1.82, 2.24) is 0 Å². The standard InChI is InChI=1S/C8H14F3NO/c1-2-3-4-7(12)5-13-6-8(9,10)11/h2,7H,1,3-6,12H2. The van der Waals surface area contributed by atoms with Gasteiger partial charge in [0.15, 0.2) is 0 Å². The van der Waals surface area contributed by atoms with Crippen molar-refractivity contribution in [3.05, 3.63) is 12.7 Å². The number of ether oxygens (including phenoxy) is 1. The quantitative estimate of drug-likeness (QED) is 0.659. The van der Waals surface area contributed by atoms with Crippen molar-refractivity contribution in [2.45, 2.75) is 25.1 Å². The zero-order valence-corrected chi connectivity index (χ0v) is 7.31. The van der Waals surface area contributed by atoms with Crippen LogP contribution in [0.1, 0.15) is 12.8 Å². The molecule has 0 aliphatic heterocycles. The molecular weight excluding hydrogens is 183 g/mol. The predicted molar refractivity (Wildman–Crippen MR) is 44.3 cm³/mol. The van der Waals surface area contributed by atoms with Crippen LogP contribution < -0.4 is 5.73 Å². The smallest absolute Gasteiger partial charge is 0.370 e. The second kappa shape index (κ2) is 5.99. The highest BCUT2D eigenvalue weighted by Gasteiger charge is 2.27. The normalized spacial score (nSPS) is 14.2. The van der Waals surface area contributed by atoms with Gasteiger partial charge in [0.25, 0.3) is 0 Å². The largest absolute Gasteiger partial charge is 0.411 e. The number of hydrogen-bond donors (Lipinski definition) is 1. The molecule has 0 amide bonds. The maximum absolute atomic E-state index is 11.6. The van der Waals surface area contributed by atoms with Crippen molar-refractivity contribution in [3.63, 3.8) is 0 Å². The molecule has 5 heteroatoms. The van der Waals surface area contributed by atoms with Crippen LogP contribution in [-0.2, 0) is 4.74 Å². The van der Waals surface area contributed by atoms with Crippen molar-refractivity contribution in [1.29, 1.82) is 0 Å². The number of hydrogen-bond acceptors (Lipinski definition) is 2. The van der Waals surface area contributed by atoms with Gasteiger partial charge in [-0.1, -0.05) is 6.08 Å². The van der Waals surface area contributed by atoms with Gasteiger partial charge in [0.05, 0.1) is 6.61 Å². The highest BCUT2D eigenvalue weighted by Crippen LogP contribution is 2.14. The number of rotatable bonds is 6. The molecule has 0 heterocycles. The Bertz CT molecular complexity index is 147. The summed E-state index contributed by atoms with van der Waals surface area (Å²) in [5, 5.41) is 0. The molecule has 0 aliphatic carbocycles. The third kappa shape index (κ3) is 9.36. The minimum Gasteiger partial charge on any atom is -0.370 e. The van der Waals surface area contributed by atoms with Gasteiger partial charge < -0.3 is 10.5 Å². The molecule has 0 bridgehead atoms. The maximum Gasteiger partial charge on any atom is 0.411 e. The molecule has 0 rings (SSSR count). The van der Waals surface area contributed by atoms with E-state index in [1.807, 2.05) is 0 Å². The first-order valence-corrected chi connectivity index (χ1v) is 3.96. The number of halogens is 3. The summed E-state index contributed by atoms with van der Waals surface area (Å²) in [5.74, 6) is 0. The number of allylic oxidation sites excluding steroid dienone is 1. The van der Waals surface area contributed by atoms with Crippen LogP contribution in [0, 0.1) is 0 Å². The van der Waals surface area contributed by atoms with Crippen molar-refractivity contribution >= 4 is 0 Å². The van der Waals surface area contributed by atoms with E-state index in [9.17, 15) is 13.2 Å². The van der Waals surface area contributed by atoms with Crippen LogP contribution in [0.2, 0.25) is 0 Å². The number of nitrogens with two attached hydrogens (primary N) is 1. The predicted octanol–water partition coefficient (Wildman–Crippen LogP) is 1.86. The number of alkyl halides is 3. The second-order valence-corrected chi connectivity index (χ2v) is 2.76. The van der Waals surface area contributed by atoms with Crippen LogP contribution in [0.15, 0.2) is 12.7 Å². The Balaban J connectivity index is 3.36. The summed E-state index contributed by atoms with van der Waals surface area (Å²) in [5.41, 5.74) is 5.45. The van der Waals surface area contributed by atoms with Crippen LogP contribution >= 0.6 is 0 Å². The van der Waals surface area contributed by atoms with E-state index in [-0.39, 0.29) is 12.6 Å². The summed E-state index contributed by atoms with van der Waals surface area (Å²) in [6.07, 6.45) is -1.31. The molecule has 0 spiro atoms. The minimum absolute atomic E-state index is 0.0622. The Morgan fingerprint density at radius 1 is 1.46 bits per heavy atom. The van der Waals surface area contributed by atoms with E-state index >= 15 is 0 Å². The highest BCUT2D eigenvalue weighted by molar-refractivity contribution is 4.71. The molecule has 0 aromatic rings. The summed E-state index contributed by atoms with van der Waals surface area (Å²) in [6.45, 7) is 2.19. The zero-order valence-electron chi connectivity index (χ0n) is 7.31. The first kappa shape index (κ1) is 12.4. The van der Waals surface area contributed by atoms with Crippen molar-refractivity contribution in [2.75, 3.05) is 13.2 Å². The van der Waals surface area contributed by atoms with Gasteiger partial charge in [-0.3, -0.25) is 0 Å². The van der Waals surface area contributed by atoms with E-state index in [4.69, 9.17) is 5.73 Å². The third-order valence-electron chi connectivity index (χ3n) is 1.34. The Labute approximate surface area is 75.6 Å². The van der Waals surface area contributed by atoms with E-state index in [1.54, 1.807) is 6.08 Å². The van der Waals surface area contributed by atoms with Crippen LogP contribution in [0.3, 0.4) is 0 Å². The average molecular weight is 197 g/mol. The summed E-state index contributed by atoms with van der Waals surface area (Å²) in [6, 6.07) is -0.347. The molecule has 78 valence electrons. The van der Waals surface area contributed by atoms with Gasteiger partial charge in [0, 0.05) is 6.04 Å². The maximum atomic E-state index is 11.6. The molecule has 0 aliphatic rings. The fourth-order valence-electron chi connectivity index (χ4n) is 0.741. The lowest BCUT2D eigenvalue weighted by Crippen LogP contribution is -2.28. The minimum atomic E-state index is -4.27. The second-order valence-electron chi connectivity index (χ2n) is 2.76. The van der Waals surface area contributed by atoms with Gasteiger partial charge in [-0.15, -0.1) is 6.58 Å². The van der Waals surface area contributed by atoms with Gasteiger partial charge in [0.1, 0.15) is 6.61 Å². The fourth-order valence-corrected chi connectivity index (χ4v) is 0.741. The fraction of sp³-hybridized carbons (Fsp3) is 0.750. The van der Waals surface area contributed by atoms with Crippen LogP contribution in [0.25, 0.3) is 0 Å². The lowest BCUT2D eigenvalue weighted by Gasteiger charge is -2.12. The van der Waals surface area contributed by atoms with E-state index in [1.165, 1.54) is 0 Å². The SMILES string of the molecule is C=CCCC(N)COCC(F)(F)F. The highest BCUT2D eigenvalue weighted by atomic mass is 19.4. The average Bonchev–Trinajstić information content (AvgIpc) is 1.98. The van der Waals surface area contributed by atoms with E-state index in [0.29, 0.717) is 12.8 Å². The molecule has 0 saturated carbocycles. The molecule has 0 aromatic carbocycles.